The van der Waals surface area contributed by atoms with E-state index in [0.29, 0.717) is 17.9 Å². The molecule has 0 bridgehead atoms. The van der Waals surface area contributed by atoms with Crippen molar-refractivity contribution in [2.24, 2.45) is 5.92 Å². The van der Waals surface area contributed by atoms with E-state index in [0.717, 1.165) is 16.2 Å². The highest BCUT2D eigenvalue weighted by Gasteiger charge is 2.35. The van der Waals surface area contributed by atoms with Crippen LogP contribution in [0.2, 0.25) is 0 Å². The van der Waals surface area contributed by atoms with E-state index in [1.54, 1.807) is 28.6 Å². The van der Waals surface area contributed by atoms with Gasteiger partial charge in [-0.1, -0.05) is 12.1 Å². The molecule has 5 rings (SSSR count). The Kier molecular flexibility index (Phi) is 3.94. The number of nitrogens with zero attached hydrogens (tertiary/aromatic N) is 4. The van der Waals surface area contributed by atoms with E-state index in [1.165, 1.54) is 0 Å². The van der Waals surface area contributed by atoms with Crippen LogP contribution >= 0.6 is 11.3 Å². The molecule has 1 aliphatic heterocycles. The molecule has 1 aromatic carbocycles. The smallest absolute Gasteiger partial charge is 0.229 e. The van der Waals surface area contributed by atoms with Crippen molar-refractivity contribution in [2.75, 3.05) is 16.8 Å². The molecule has 9 heteroatoms. The Morgan fingerprint density at radius 3 is 2.89 bits per heavy atom. The molecule has 0 aliphatic carbocycles. The van der Waals surface area contributed by atoms with Crippen LogP contribution in [0.5, 0.6) is 0 Å². The number of aromatic nitrogens is 4. The van der Waals surface area contributed by atoms with E-state index in [2.05, 4.69) is 20.5 Å². The molecule has 1 saturated heterocycles. The number of rotatable bonds is 4. The van der Waals surface area contributed by atoms with Gasteiger partial charge in [-0.15, -0.1) is 11.3 Å². The standard InChI is InChI=1S/C19H16N6O2S/c26-17-7-13(10-25(17)15-8-20-21-9-15)18(27)22-14-3-1-12(2-4-14)16-11-24-5-6-28-19(24)23-16/h1-6,8-9,11,13H,7,10H2,(H,20,21)(H,22,27)/t13-/m0/s1. The molecule has 0 unspecified atom stereocenters. The van der Waals surface area contributed by atoms with Crippen molar-refractivity contribution in [3.8, 4) is 11.3 Å². The Balaban J connectivity index is 1.26. The fourth-order valence-corrected chi connectivity index (χ4v) is 4.06. The molecular formula is C19H16N6O2S. The summed E-state index contributed by atoms with van der Waals surface area (Å²) >= 11 is 1.59. The van der Waals surface area contributed by atoms with Gasteiger partial charge >= 0.3 is 0 Å². The minimum atomic E-state index is -0.387. The number of hydrogen-bond donors (Lipinski definition) is 2. The molecule has 4 aromatic rings. The first kappa shape index (κ1) is 16.7. The summed E-state index contributed by atoms with van der Waals surface area (Å²) in [5.41, 5.74) is 3.26. The summed E-state index contributed by atoms with van der Waals surface area (Å²) in [6, 6.07) is 7.57. The molecule has 1 aliphatic rings. The topological polar surface area (TPSA) is 95.4 Å². The molecule has 0 radical (unpaired) electrons. The highest BCUT2D eigenvalue weighted by Crippen LogP contribution is 2.26. The number of nitrogens with one attached hydrogen (secondary N) is 2. The zero-order valence-corrected chi connectivity index (χ0v) is 15.5. The quantitative estimate of drug-likeness (QED) is 0.558. The predicted octanol–water partition coefficient (Wildman–Crippen LogP) is 2.78. The Hall–Kier alpha value is -3.46. The predicted molar refractivity (Wildman–Crippen MR) is 106 cm³/mol. The second-order valence-electron chi connectivity index (χ2n) is 6.65. The Bertz CT molecular complexity index is 1120. The van der Waals surface area contributed by atoms with E-state index >= 15 is 0 Å². The summed E-state index contributed by atoms with van der Waals surface area (Å²) in [6.45, 7) is 0.355. The molecule has 4 heterocycles. The van der Waals surface area contributed by atoms with Gasteiger partial charge in [-0.3, -0.25) is 19.1 Å². The lowest BCUT2D eigenvalue weighted by Gasteiger charge is -2.14. The van der Waals surface area contributed by atoms with Crippen LogP contribution < -0.4 is 10.2 Å². The fourth-order valence-electron chi connectivity index (χ4n) is 3.36. The number of aromatic amines is 1. The van der Waals surface area contributed by atoms with Crippen LogP contribution in [0.1, 0.15) is 6.42 Å². The SMILES string of the molecule is O=C(Nc1ccc(-c2cn3ccsc3n2)cc1)[C@H]1CC(=O)N(c2cn[nH]c2)C1. The molecule has 0 spiro atoms. The fraction of sp³-hybridized carbons (Fsp3) is 0.158. The van der Waals surface area contributed by atoms with Crippen molar-refractivity contribution >= 4 is 39.5 Å². The zero-order valence-electron chi connectivity index (χ0n) is 14.7. The molecule has 3 aromatic heterocycles. The largest absolute Gasteiger partial charge is 0.326 e. The molecule has 8 nitrogen and oxygen atoms in total. The number of anilines is 2. The number of fused-ring (bicyclic) bond motifs is 1. The van der Waals surface area contributed by atoms with E-state index in [4.69, 9.17) is 0 Å². The first-order chi connectivity index (χ1) is 13.7. The number of carbonyl (C=O) groups is 2. The number of benzene rings is 1. The number of amides is 2. The third kappa shape index (κ3) is 2.95. The van der Waals surface area contributed by atoms with Crippen LogP contribution in [0.25, 0.3) is 16.2 Å². The summed E-state index contributed by atoms with van der Waals surface area (Å²) in [7, 11) is 0. The average molecular weight is 392 g/mol. The van der Waals surface area contributed by atoms with Crippen LogP contribution in [0, 0.1) is 5.92 Å². The van der Waals surface area contributed by atoms with Gasteiger partial charge < -0.3 is 10.2 Å². The van der Waals surface area contributed by atoms with Gasteiger partial charge in [0.2, 0.25) is 11.8 Å². The molecular weight excluding hydrogens is 376 g/mol. The first-order valence-electron chi connectivity index (χ1n) is 8.80. The lowest BCUT2D eigenvalue weighted by atomic mass is 10.1. The van der Waals surface area contributed by atoms with E-state index in [9.17, 15) is 9.59 Å². The Labute approximate surface area is 163 Å². The van der Waals surface area contributed by atoms with E-state index in [-0.39, 0.29) is 24.2 Å². The molecule has 140 valence electrons. The third-order valence-electron chi connectivity index (χ3n) is 4.83. The van der Waals surface area contributed by atoms with Gasteiger partial charge in [-0.05, 0) is 12.1 Å². The van der Waals surface area contributed by atoms with Gasteiger partial charge in [0.25, 0.3) is 0 Å². The Morgan fingerprint density at radius 1 is 1.29 bits per heavy atom. The van der Waals surface area contributed by atoms with Crippen molar-refractivity contribution in [1.29, 1.82) is 0 Å². The number of imidazole rings is 1. The van der Waals surface area contributed by atoms with Gasteiger partial charge in [-0.25, -0.2) is 4.98 Å². The van der Waals surface area contributed by atoms with Gasteiger partial charge in [-0.2, -0.15) is 5.10 Å². The second kappa shape index (κ2) is 6.61. The normalized spacial score (nSPS) is 16.8. The highest BCUT2D eigenvalue weighted by atomic mass is 32.1. The maximum Gasteiger partial charge on any atom is 0.229 e. The molecule has 2 amide bonds. The van der Waals surface area contributed by atoms with Crippen LogP contribution in [0.15, 0.2) is 54.4 Å². The summed E-state index contributed by atoms with van der Waals surface area (Å²) in [6.07, 6.45) is 7.38. The lowest BCUT2D eigenvalue weighted by molar-refractivity contribution is -0.122. The molecule has 2 N–H and O–H groups in total. The van der Waals surface area contributed by atoms with Gasteiger partial charge in [0.05, 0.1) is 23.5 Å². The van der Waals surface area contributed by atoms with Crippen molar-refractivity contribution in [2.45, 2.75) is 6.42 Å². The van der Waals surface area contributed by atoms with Crippen molar-refractivity contribution in [1.82, 2.24) is 19.6 Å². The van der Waals surface area contributed by atoms with Gasteiger partial charge in [0, 0.05) is 48.2 Å². The molecule has 0 saturated carbocycles. The Morgan fingerprint density at radius 2 is 2.14 bits per heavy atom. The van der Waals surface area contributed by atoms with Crippen LogP contribution in [-0.2, 0) is 9.59 Å². The maximum absolute atomic E-state index is 12.6. The minimum Gasteiger partial charge on any atom is -0.326 e. The third-order valence-corrected chi connectivity index (χ3v) is 5.60. The molecule has 1 atom stereocenters. The number of thiazole rings is 1. The van der Waals surface area contributed by atoms with Crippen molar-refractivity contribution in [3.05, 3.63) is 54.4 Å². The van der Waals surface area contributed by atoms with E-state index < -0.39 is 0 Å². The highest BCUT2D eigenvalue weighted by molar-refractivity contribution is 7.15. The number of carbonyl (C=O) groups excluding carboxylic acids is 2. The summed E-state index contributed by atoms with van der Waals surface area (Å²) in [4.78, 5) is 31.9. The first-order valence-corrected chi connectivity index (χ1v) is 9.68. The minimum absolute atomic E-state index is 0.0725. The molecule has 1 fully saturated rings. The van der Waals surface area contributed by atoms with Crippen LogP contribution in [0.3, 0.4) is 0 Å². The molecule has 28 heavy (non-hydrogen) atoms. The monoisotopic (exact) mass is 392 g/mol. The van der Waals surface area contributed by atoms with Crippen molar-refractivity contribution in [3.63, 3.8) is 0 Å². The second-order valence-corrected chi connectivity index (χ2v) is 7.52. The lowest BCUT2D eigenvalue weighted by Crippen LogP contribution is -2.27. The summed E-state index contributed by atoms with van der Waals surface area (Å²) < 4.78 is 1.98. The van der Waals surface area contributed by atoms with Crippen LogP contribution in [0.4, 0.5) is 11.4 Å². The average Bonchev–Trinajstić information content (AvgIpc) is 3.45. The van der Waals surface area contributed by atoms with Crippen molar-refractivity contribution < 1.29 is 9.59 Å². The summed E-state index contributed by atoms with van der Waals surface area (Å²) in [5, 5.41) is 11.4. The number of H-pyrrole nitrogens is 1. The van der Waals surface area contributed by atoms with Gasteiger partial charge in [0.15, 0.2) is 4.96 Å². The van der Waals surface area contributed by atoms with Crippen LogP contribution in [-0.4, -0.2) is 37.9 Å². The maximum atomic E-state index is 12.6. The summed E-state index contributed by atoms with van der Waals surface area (Å²) in [5.74, 6) is -0.617. The zero-order chi connectivity index (χ0) is 19.1. The van der Waals surface area contributed by atoms with E-state index in [1.807, 2.05) is 46.4 Å². The number of hydrogen-bond acceptors (Lipinski definition) is 5. The van der Waals surface area contributed by atoms with Gasteiger partial charge in [0.1, 0.15) is 0 Å².